The Morgan fingerprint density at radius 2 is 1.61 bits per heavy atom. The van der Waals surface area contributed by atoms with E-state index >= 15 is 0 Å². The number of para-hydroxylation sites is 2. The molecule has 0 amide bonds. The molecule has 2 bridgehead atoms. The molecule has 0 saturated carbocycles. The number of likely N-dealkylation sites (tertiary alicyclic amines) is 1. The summed E-state index contributed by atoms with van der Waals surface area (Å²) in [6, 6.07) is 15.6. The van der Waals surface area contributed by atoms with E-state index in [0.29, 0.717) is 35.3 Å². The molecule has 2 aromatic carbocycles. The van der Waals surface area contributed by atoms with E-state index in [1.807, 2.05) is 18.2 Å². The number of nitrogens with one attached hydrogen (secondary N) is 1. The minimum atomic E-state index is -0.821. The molecular formula is C28H25N3O5. The van der Waals surface area contributed by atoms with E-state index in [-0.39, 0.29) is 5.75 Å². The van der Waals surface area contributed by atoms with Gasteiger partial charge in [0, 0.05) is 46.7 Å². The number of nitrogens with zero attached hydrogens (tertiary/aromatic N) is 2. The van der Waals surface area contributed by atoms with Gasteiger partial charge in [0.1, 0.15) is 0 Å². The van der Waals surface area contributed by atoms with Gasteiger partial charge >= 0.3 is 17.5 Å². The molecule has 2 aliphatic heterocycles. The van der Waals surface area contributed by atoms with Crippen molar-refractivity contribution in [3.8, 4) is 5.75 Å². The number of fused-ring (bicyclic) bond motifs is 5. The van der Waals surface area contributed by atoms with Crippen molar-refractivity contribution >= 4 is 33.7 Å². The second kappa shape index (κ2) is 9.13. The van der Waals surface area contributed by atoms with Gasteiger partial charge in [-0.3, -0.25) is 4.79 Å². The Balaban J connectivity index is 1.24. The number of hydrogen-bond donors (Lipinski definition) is 1. The first-order valence-corrected chi connectivity index (χ1v) is 12.2. The van der Waals surface area contributed by atoms with E-state index in [2.05, 4.69) is 34.3 Å². The minimum absolute atomic E-state index is 0.0910. The second-order valence-corrected chi connectivity index (χ2v) is 9.24. The van der Waals surface area contributed by atoms with E-state index in [0.717, 1.165) is 42.8 Å². The molecule has 0 radical (unpaired) electrons. The van der Waals surface area contributed by atoms with Crippen LogP contribution in [0.25, 0.3) is 21.8 Å². The Bertz CT molecular complexity index is 1570. The summed E-state index contributed by atoms with van der Waals surface area (Å²) in [6.45, 7) is 2.59. The molecule has 2 aliphatic rings. The molecule has 0 unspecified atom stereocenters. The first-order valence-electron chi connectivity index (χ1n) is 12.2. The summed E-state index contributed by atoms with van der Waals surface area (Å²) in [6.07, 6.45) is 6.69. The highest BCUT2D eigenvalue weighted by atomic mass is 16.7. The zero-order valence-electron chi connectivity index (χ0n) is 19.6. The molecule has 36 heavy (non-hydrogen) atoms. The van der Waals surface area contributed by atoms with Crippen molar-refractivity contribution in [2.75, 3.05) is 19.6 Å². The zero-order valence-corrected chi connectivity index (χ0v) is 19.6. The first kappa shape index (κ1) is 22.3. The standard InChI is InChI=1S/C28H25N3O5/c32-25-9-10-26(33)36-31-24-8-4-2-6-20(24)21(27(35-25)28(31)34)13-16-30-14-11-18(12-15-30)22-17-29-23-7-3-1-5-19(22)23/h1-10,17-18,29H,11-16H2/b10-9+. The van der Waals surface area contributed by atoms with Crippen LogP contribution in [0.3, 0.4) is 0 Å². The number of H-pyrrole nitrogens is 1. The second-order valence-electron chi connectivity index (χ2n) is 9.24. The van der Waals surface area contributed by atoms with Gasteiger partial charge in [0.25, 0.3) is 0 Å². The molecule has 0 spiro atoms. The highest BCUT2D eigenvalue weighted by Gasteiger charge is 2.26. The van der Waals surface area contributed by atoms with Gasteiger partial charge in [-0.15, -0.1) is 4.73 Å². The average Bonchev–Trinajstić information content (AvgIpc) is 3.34. The van der Waals surface area contributed by atoms with Gasteiger partial charge in [0.05, 0.1) is 5.52 Å². The maximum Gasteiger partial charge on any atom is 0.356 e. The van der Waals surface area contributed by atoms with Gasteiger partial charge in [-0.1, -0.05) is 36.4 Å². The van der Waals surface area contributed by atoms with E-state index < -0.39 is 17.5 Å². The van der Waals surface area contributed by atoms with Crippen molar-refractivity contribution in [2.24, 2.45) is 0 Å². The van der Waals surface area contributed by atoms with Gasteiger partial charge in [-0.2, -0.15) is 0 Å². The highest BCUT2D eigenvalue weighted by molar-refractivity contribution is 5.95. The van der Waals surface area contributed by atoms with Crippen LogP contribution in [-0.2, 0) is 16.0 Å². The molecule has 6 rings (SSSR count). The summed E-state index contributed by atoms with van der Waals surface area (Å²) in [5.74, 6) is -1.19. The number of aromatic nitrogens is 2. The number of rotatable bonds is 4. The molecule has 1 N–H and O–H groups in total. The number of pyridine rings is 1. The van der Waals surface area contributed by atoms with Crippen molar-refractivity contribution in [1.82, 2.24) is 14.6 Å². The zero-order chi connectivity index (χ0) is 24.6. The lowest BCUT2D eigenvalue weighted by molar-refractivity contribution is -0.138. The topological polar surface area (TPSA) is 93.6 Å². The first-order chi connectivity index (χ1) is 17.6. The lowest BCUT2D eigenvalue weighted by Crippen LogP contribution is -2.35. The van der Waals surface area contributed by atoms with Gasteiger partial charge in [-0.05, 0) is 56.0 Å². The lowest BCUT2D eigenvalue weighted by atomic mass is 9.89. The molecule has 4 aromatic rings. The number of benzene rings is 2. The Hall–Kier alpha value is -4.17. The van der Waals surface area contributed by atoms with Gasteiger partial charge in [-0.25, -0.2) is 9.59 Å². The quantitative estimate of drug-likeness (QED) is 0.448. The molecule has 1 fully saturated rings. The number of aromatic amines is 1. The Morgan fingerprint density at radius 3 is 2.44 bits per heavy atom. The van der Waals surface area contributed by atoms with Crippen molar-refractivity contribution < 1.29 is 19.2 Å². The fourth-order valence-corrected chi connectivity index (χ4v) is 5.36. The number of carbonyl (C=O) groups is 2. The molecule has 1 saturated heterocycles. The predicted octanol–water partition coefficient (Wildman–Crippen LogP) is 3.34. The summed E-state index contributed by atoms with van der Waals surface area (Å²) in [4.78, 5) is 48.5. The largest absolute Gasteiger partial charge is 0.417 e. The third-order valence-electron chi connectivity index (χ3n) is 7.17. The van der Waals surface area contributed by atoms with Crippen molar-refractivity contribution in [3.05, 3.63) is 88.4 Å². The minimum Gasteiger partial charge on any atom is -0.417 e. The molecule has 8 nitrogen and oxygen atoms in total. The maximum atomic E-state index is 13.2. The molecule has 0 aliphatic carbocycles. The number of hydrogen-bond acceptors (Lipinski definition) is 6. The van der Waals surface area contributed by atoms with Crippen molar-refractivity contribution in [2.45, 2.75) is 25.2 Å². The van der Waals surface area contributed by atoms with E-state index in [1.54, 1.807) is 12.1 Å². The summed E-state index contributed by atoms with van der Waals surface area (Å²) in [5, 5.41) is 2.00. The SMILES string of the molecule is O=C1/C=C/C(=O)On2c(=O)c(c(CCN3CCC(c4c[nH]c5ccccc45)CC3)c3ccccc32)O1. The van der Waals surface area contributed by atoms with Crippen LogP contribution in [0.2, 0.25) is 0 Å². The van der Waals surface area contributed by atoms with Gasteiger partial charge < -0.3 is 19.5 Å². The van der Waals surface area contributed by atoms with Gasteiger partial charge in [0.15, 0.2) is 0 Å². The van der Waals surface area contributed by atoms with Crippen LogP contribution in [0.15, 0.2) is 71.7 Å². The molecular weight excluding hydrogens is 458 g/mol. The van der Waals surface area contributed by atoms with Crippen LogP contribution >= 0.6 is 0 Å². The average molecular weight is 484 g/mol. The highest BCUT2D eigenvalue weighted by Crippen LogP contribution is 2.33. The molecule has 0 atom stereocenters. The smallest absolute Gasteiger partial charge is 0.356 e. The van der Waals surface area contributed by atoms with Crippen LogP contribution in [0.5, 0.6) is 5.75 Å². The van der Waals surface area contributed by atoms with E-state index in [1.165, 1.54) is 16.5 Å². The van der Waals surface area contributed by atoms with Gasteiger partial charge in [0.2, 0.25) is 5.75 Å². The van der Waals surface area contributed by atoms with Crippen LogP contribution in [0.1, 0.15) is 29.9 Å². The molecule has 2 aromatic heterocycles. The van der Waals surface area contributed by atoms with Crippen LogP contribution in [-0.4, -0.2) is 46.2 Å². The van der Waals surface area contributed by atoms with Crippen molar-refractivity contribution in [1.29, 1.82) is 0 Å². The Morgan fingerprint density at radius 1 is 0.889 bits per heavy atom. The maximum absolute atomic E-state index is 13.2. The van der Waals surface area contributed by atoms with E-state index in [9.17, 15) is 14.4 Å². The van der Waals surface area contributed by atoms with Crippen LogP contribution in [0.4, 0.5) is 0 Å². The summed E-state index contributed by atoms with van der Waals surface area (Å²) in [5.41, 5.74) is 2.99. The van der Waals surface area contributed by atoms with Crippen LogP contribution < -0.4 is 15.1 Å². The number of ether oxygens (including phenoxy) is 1. The monoisotopic (exact) mass is 483 g/mol. The number of esters is 1. The van der Waals surface area contributed by atoms with Crippen molar-refractivity contribution in [3.63, 3.8) is 0 Å². The van der Waals surface area contributed by atoms with Crippen LogP contribution in [0, 0.1) is 0 Å². The third kappa shape index (κ3) is 3.99. The molecule has 4 heterocycles. The Labute approximate surface area is 206 Å². The third-order valence-corrected chi connectivity index (χ3v) is 7.17. The fourth-order valence-electron chi connectivity index (χ4n) is 5.36. The molecule has 8 heteroatoms. The fraction of sp³-hybridized carbons (Fsp3) is 0.250. The Kier molecular flexibility index (Phi) is 5.65. The summed E-state index contributed by atoms with van der Waals surface area (Å²) < 4.78 is 6.34. The normalized spacial score (nSPS) is 17.9. The number of carbonyl (C=O) groups excluding carboxylic acids is 2. The number of piperidine rings is 1. The van der Waals surface area contributed by atoms with E-state index in [4.69, 9.17) is 9.57 Å². The predicted molar refractivity (Wildman–Crippen MR) is 135 cm³/mol. The summed E-state index contributed by atoms with van der Waals surface area (Å²) in [7, 11) is 0. The summed E-state index contributed by atoms with van der Waals surface area (Å²) >= 11 is 0. The lowest BCUT2D eigenvalue weighted by Gasteiger charge is -2.32. The molecule has 182 valence electrons.